The zero-order valence-electron chi connectivity index (χ0n) is 15.2. The Morgan fingerprint density at radius 2 is 1.96 bits per heavy atom. The molecule has 3 atom stereocenters. The zero-order chi connectivity index (χ0) is 17.6. The van der Waals surface area contributed by atoms with Crippen LogP contribution in [-0.4, -0.2) is 42.1 Å². The molecule has 1 aromatic rings. The Balaban J connectivity index is 1.45. The van der Waals surface area contributed by atoms with Crippen LogP contribution in [0.1, 0.15) is 50.2 Å². The minimum atomic E-state index is -0.339. The van der Waals surface area contributed by atoms with Crippen LogP contribution in [0.4, 0.5) is 0 Å². The second-order valence-corrected chi connectivity index (χ2v) is 7.41. The van der Waals surface area contributed by atoms with E-state index >= 15 is 0 Å². The Kier molecular flexibility index (Phi) is 6.45. The van der Waals surface area contributed by atoms with E-state index in [-0.39, 0.29) is 18.1 Å². The summed E-state index contributed by atoms with van der Waals surface area (Å²) in [6, 6.07) is 9.26. The van der Waals surface area contributed by atoms with Crippen molar-refractivity contribution in [1.82, 2.24) is 10.2 Å². The van der Waals surface area contributed by atoms with Gasteiger partial charge < -0.3 is 15.8 Å². The van der Waals surface area contributed by atoms with Crippen LogP contribution >= 0.6 is 0 Å². The molecule has 2 fully saturated rings. The van der Waals surface area contributed by atoms with E-state index in [1.165, 1.54) is 31.4 Å². The van der Waals surface area contributed by atoms with Gasteiger partial charge in [0.1, 0.15) is 6.10 Å². The van der Waals surface area contributed by atoms with Crippen LogP contribution in [0.3, 0.4) is 0 Å². The van der Waals surface area contributed by atoms with Gasteiger partial charge in [0.05, 0.1) is 6.10 Å². The highest BCUT2D eigenvalue weighted by Gasteiger charge is 2.29. The molecule has 5 nitrogen and oxygen atoms in total. The van der Waals surface area contributed by atoms with Crippen LogP contribution in [0, 0.1) is 0 Å². The average molecular weight is 345 g/mol. The van der Waals surface area contributed by atoms with E-state index in [1.807, 2.05) is 0 Å². The average Bonchev–Trinajstić information content (AvgIpc) is 3.12. The van der Waals surface area contributed by atoms with Gasteiger partial charge in [-0.25, -0.2) is 0 Å². The summed E-state index contributed by atoms with van der Waals surface area (Å²) in [5.74, 6) is -0.0258. The third kappa shape index (κ3) is 5.03. The SMILES string of the molecule is CC1CCCCN1Cc1ccc(CNC(=O)[C@@H]2CC[C@H](CN)O2)cc1. The minimum Gasteiger partial charge on any atom is -0.364 e. The van der Waals surface area contributed by atoms with E-state index < -0.39 is 0 Å². The van der Waals surface area contributed by atoms with Gasteiger partial charge in [-0.05, 0) is 50.3 Å². The summed E-state index contributed by atoms with van der Waals surface area (Å²) in [6.07, 6.45) is 5.30. The molecule has 3 N–H and O–H groups in total. The Labute approximate surface area is 150 Å². The van der Waals surface area contributed by atoms with Crippen LogP contribution in [-0.2, 0) is 22.6 Å². The van der Waals surface area contributed by atoms with Crippen molar-refractivity contribution in [1.29, 1.82) is 0 Å². The molecule has 1 amide bonds. The molecule has 0 spiro atoms. The summed E-state index contributed by atoms with van der Waals surface area (Å²) in [6.45, 7) is 5.57. The maximum atomic E-state index is 12.2. The van der Waals surface area contributed by atoms with E-state index in [2.05, 4.69) is 41.4 Å². The van der Waals surface area contributed by atoms with E-state index in [9.17, 15) is 4.79 Å². The molecule has 2 aliphatic heterocycles. The topological polar surface area (TPSA) is 67.6 Å². The van der Waals surface area contributed by atoms with Crippen molar-refractivity contribution in [3.63, 3.8) is 0 Å². The van der Waals surface area contributed by atoms with Crippen molar-refractivity contribution in [2.24, 2.45) is 5.73 Å². The van der Waals surface area contributed by atoms with E-state index in [4.69, 9.17) is 10.5 Å². The lowest BCUT2D eigenvalue weighted by Crippen LogP contribution is -2.36. The smallest absolute Gasteiger partial charge is 0.249 e. The molecule has 2 heterocycles. The molecule has 25 heavy (non-hydrogen) atoms. The molecule has 0 saturated carbocycles. The number of likely N-dealkylation sites (tertiary alicyclic amines) is 1. The molecular weight excluding hydrogens is 314 g/mol. The number of ether oxygens (including phenoxy) is 1. The van der Waals surface area contributed by atoms with Crippen LogP contribution in [0.5, 0.6) is 0 Å². The standard InChI is InChI=1S/C20H31N3O2/c1-15-4-2-3-11-23(15)14-17-7-5-16(6-8-17)13-22-20(24)19-10-9-18(12-21)25-19/h5-8,15,18-19H,2-4,9-14,21H2,1H3,(H,22,24)/t15?,18-,19+/m1/s1. The summed E-state index contributed by atoms with van der Waals surface area (Å²) in [4.78, 5) is 14.7. The predicted molar refractivity (Wildman–Crippen MR) is 99.0 cm³/mol. The van der Waals surface area contributed by atoms with Crippen LogP contribution in [0.25, 0.3) is 0 Å². The Bertz CT molecular complexity index is 561. The normalized spacial score (nSPS) is 27.4. The van der Waals surface area contributed by atoms with Gasteiger partial charge in [-0.15, -0.1) is 0 Å². The molecule has 2 saturated heterocycles. The lowest BCUT2D eigenvalue weighted by Gasteiger charge is -2.33. The van der Waals surface area contributed by atoms with E-state index in [1.54, 1.807) is 0 Å². The molecule has 1 unspecified atom stereocenters. The first-order valence-corrected chi connectivity index (χ1v) is 9.61. The van der Waals surface area contributed by atoms with Crippen molar-refractivity contribution in [2.75, 3.05) is 13.1 Å². The van der Waals surface area contributed by atoms with Gasteiger partial charge in [-0.3, -0.25) is 9.69 Å². The maximum Gasteiger partial charge on any atom is 0.249 e. The van der Waals surface area contributed by atoms with Gasteiger partial charge in [0.2, 0.25) is 5.91 Å². The summed E-state index contributed by atoms with van der Waals surface area (Å²) in [5, 5.41) is 2.98. The second-order valence-electron chi connectivity index (χ2n) is 7.41. The number of rotatable bonds is 6. The summed E-state index contributed by atoms with van der Waals surface area (Å²) in [7, 11) is 0. The quantitative estimate of drug-likeness (QED) is 0.829. The highest BCUT2D eigenvalue weighted by atomic mass is 16.5. The molecule has 0 bridgehead atoms. The molecule has 2 aliphatic rings. The largest absolute Gasteiger partial charge is 0.364 e. The number of nitrogens with zero attached hydrogens (tertiary/aromatic N) is 1. The number of piperidine rings is 1. The van der Waals surface area contributed by atoms with Gasteiger partial charge in [-0.1, -0.05) is 30.7 Å². The molecule has 3 rings (SSSR count). The number of amides is 1. The molecule has 1 aromatic carbocycles. The number of carbonyl (C=O) groups excluding carboxylic acids is 1. The molecule has 138 valence electrons. The molecule has 5 heteroatoms. The monoisotopic (exact) mass is 345 g/mol. The van der Waals surface area contributed by atoms with Crippen molar-refractivity contribution < 1.29 is 9.53 Å². The van der Waals surface area contributed by atoms with Crippen molar-refractivity contribution >= 4 is 5.91 Å². The second kappa shape index (κ2) is 8.79. The Morgan fingerprint density at radius 1 is 1.20 bits per heavy atom. The number of hydrogen-bond acceptors (Lipinski definition) is 4. The van der Waals surface area contributed by atoms with E-state index in [0.29, 0.717) is 19.1 Å². The van der Waals surface area contributed by atoms with Gasteiger partial charge in [0, 0.05) is 25.7 Å². The van der Waals surface area contributed by atoms with Crippen molar-refractivity contribution in [3.05, 3.63) is 35.4 Å². The lowest BCUT2D eigenvalue weighted by atomic mass is 10.0. The number of nitrogens with two attached hydrogens (primary N) is 1. The fourth-order valence-corrected chi connectivity index (χ4v) is 3.76. The summed E-state index contributed by atoms with van der Waals surface area (Å²) >= 11 is 0. The highest BCUT2D eigenvalue weighted by Crippen LogP contribution is 2.20. The lowest BCUT2D eigenvalue weighted by molar-refractivity contribution is -0.132. The maximum absolute atomic E-state index is 12.2. The highest BCUT2D eigenvalue weighted by molar-refractivity contribution is 5.81. The van der Waals surface area contributed by atoms with Crippen LogP contribution < -0.4 is 11.1 Å². The van der Waals surface area contributed by atoms with Crippen LogP contribution in [0.2, 0.25) is 0 Å². The molecule has 0 radical (unpaired) electrons. The Morgan fingerprint density at radius 3 is 2.64 bits per heavy atom. The fraction of sp³-hybridized carbons (Fsp3) is 0.650. The van der Waals surface area contributed by atoms with E-state index in [0.717, 1.165) is 24.9 Å². The van der Waals surface area contributed by atoms with Crippen LogP contribution in [0.15, 0.2) is 24.3 Å². The third-order valence-corrected chi connectivity index (χ3v) is 5.48. The molecule has 0 aromatic heterocycles. The molecule has 0 aliphatic carbocycles. The first-order valence-electron chi connectivity index (χ1n) is 9.61. The molecular formula is C20H31N3O2. The number of carbonyl (C=O) groups is 1. The van der Waals surface area contributed by atoms with Gasteiger partial charge in [-0.2, -0.15) is 0 Å². The third-order valence-electron chi connectivity index (χ3n) is 5.48. The van der Waals surface area contributed by atoms with Crippen molar-refractivity contribution in [3.8, 4) is 0 Å². The number of benzene rings is 1. The number of hydrogen-bond donors (Lipinski definition) is 2. The van der Waals surface area contributed by atoms with Gasteiger partial charge in [0.15, 0.2) is 0 Å². The van der Waals surface area contributed by atoms with Gasteiger partial charge in [0.25, 0.3) is 0 Å². The predicted octanol–water partition coefficient (Wildman–Crippen LogP) is 2.18. The fourth-order valence-electron chi connectivity index (χ4n) is 3.76. The summed E-state index contributed by atoms with van der Waals surface area (Å²) < 4.78 is 5.63. The van der Waals surface area contributed by atoms with Crippen molar-refractivity contribution in [2.45, 2.75) is 70.4 Å². The number of nitrogens with one attached hydrogen (secondary N) is 1. The summed E-state index contributed by atoms with van der Waals surface area (Å²) in [5.41, 5.74) is 8.05. The Hall–Kier alpha value is -1.43. The first-order chi connectivity index (χ1) is 12.2. The zero-order valence-corrected chi connectivity index (χ0v) is 15.2. The van der Waals surface area contributed by atoms with Gasteiger partial charge >= 0.3 is 0 Å². The first kappa shape index (κ1) is 18.4. The minimum absolute atomic E-state index is 0.0258.